The van der Waals surface area contributed by atoms with E-state index >= 15 is 0 Å². The Morgan fingerprint density at radius 1 is 1.25 bits per heavy atom. The van der Waals surface area contributed by atoms with Gasteiger partial charge >= 0.3 is 0 Å². The summed E-state index contributed by atoms with van der Waals surface area (Å²) in [6.45, 7) is 4.52. The summed E-state index contributed by atoms with van der Waals surface area (Å²) in [5, 5.41) is 0. The molecule has 88 valence electrons. The van der Waals surface area contributed by atoms with Gasteiger partial charge in [-0.1, -0.05) is 26.0 Å². The second-order valence-corrected chi connectivity index (χ2v) is 5.73. The van der Waals surface area contributed by atoms with Gasteiger partial charge in [-0.2, -0.15) is 0 Å². The highest BCUT2D eigenvalue weighted by Crippen LogP contribution is 2.49. The number of hydrogen-bond acceptors (Lipinski definition) is 2. The molecule has 2 N–H and O–H groups in total. The van der Waals surface area contributed by atoms with Crippen molar-refractivity contribution in [3.05, 3.63) is 29.8 Å². The largest absolute Gasteiger partial charge is 0.378 e. The topological polar surface area (TPSA) is 29.3 Å². The first-order chi connectivity index (χ1) is 7.37. The van der Waals surface area contributed by atoms with E-state index in [0.717, 1.165) is 12.8 Å². The van der Waals surface area contributed by atoms with Gasteiger partial charge in [-0.3, -0.25) is 0 Å². The van der Waals surface area contributed by atoms with Gasteiger partial charge in [0.15, 0.2) is 0 Å². The van der Waals surface area contributed by atoms with Gasteiger partial charge in [0.05, 0.1) is 0 Å². The number of nitrogens with two attached hydrogens (primary N) is 1. The highest BCUT2D eigenvalue weighted by atomic mass is 15.1. The third kappa shape index (κ3) is 1.71. The van der Waals surface area contributed by atoms with Crippen LogP contribution in [0.5, 0.6) is 0 Å². The molecule has 0 spiro atoms. The maximum Gasteiger partial charge on any atom is 0.0363 e. The van der Waals surface area contributed by atoms with Gasteiger partial charge in [0.25, 0.3) is 0 Å². The van der Waals surface area contributed by atoms with Crippen molar-refractivity contribution in [1.82, 2.24) is 0 Å². The summed E-state index contributed by atoms with van der Waals surface area (Å²) >= 11 is 0. The monoisotopic (exact) mass is 218 g/mol. The van der Waals surface area contributed by atoms with E-state index in [4.69, 9.17) is 5.73 Å². The Morgan fingerprint density at radius 3 is 2.38 bits per heavy atom. The van der Waals surface area contributed by atoms with Gasteiger partial charge in [-0.25, -0.2) is 0 Å². The molecule has 0 aromatic heterocycles. The van der Waals surface area contributed by atoms with E-state index < -0.39 is 0 Å². The Hall–Kier alpha value is -1.02. The standard InChI is InChI=1S/C14H22N2/c1-13(2,14(15)8-9-14)11-6-5-7-12(10-11)16(3)4/h5-7,10H,8-9,15H2,1-4H3. The molecule has 1 aromatic carbocycles. The molecule has 2 nitrogen and oxygen atoms in total. The molecule has 1 aliphatic rings. The van der Waals surface area contributed by atoms with Crippen LogP contribution in [0.2, 0.25) is 0 Å². The van der Waals surface area contributed by atoms with E-state index in [-0.39, 0.29) is 11.0 Å². The minimum absolute atomic E-state index is 0.0118. The lowest BCUT2D eigenvalue weighted by atomic mass is 9.76. The molecule has 0 radical (unpaired) electrons. The lowest BCUT2D eigenvalue weighted by Gasteiger charge is -2.33. The van der Waals surface area contributed by atoms with Crippen molar-refractivity contribution >= 4 is 5.69 Å². The van der Waals surface area contributed by atoms with E-state index in [9.17, 15) is 0 Å². The molecule has 0 bridgehead atoms. The zero-order valence-corrected chi connectivity index (χ0v) is 10.7. The molecule has 2 heteroatoms. The molecule has 1 fully saturated rings. The van der Waals surface area contributed by atoms with Gasteiger partial charge in [0.1, 0.15) is 0 Å². The predicted octanol–water partition coefficient (Wildman–Crippen LogP) is 2.52. The van der Waals surface area contributed by atoms with Crippen molar-refractivity contribution in [2.45, 2.75) is 37.6 Å². The Labute approximate surface area is 98.4 Å². The quantitative estimate of drug-likeness (QED) is 0.844. The Balaban J connectivity index is 2.36. The Kier molecular flexibility index (Phi) is 2.50. The summed E-state index contributed by atoms with van der Waals surface area (Å²) in [6, 6.07) is 8.71. The molecule has 2 rings (SSSR count). The van der Waals surface area contributed by atoms with Crippen LogP contribution in [0.15, 0.2) is 24.3 Å². The van der Waals surface area contributed by atoms with Crippen molar-refractivity contribution < 1.29 is 0 Å². The number of anilines is 1. The minimum Gasteiger partial charge on any atom is -0.378 e. The SMILES string of the molecule is CN(C)c1cccc(C(C)(C)C2(N)CC2)c1. The van der Waals surface area contributed by atoms with Gasteiger partial charge in [0.2, 0.25) is 0 Å². The molecule has 0 saturated heterocycles. The summed E-state index contributed by atoms with van der Waals surface area (Å²) < 4.78 is 0. The molecule has 1 aromatic rings. The second kappa shape index (κ2) is 3.49. The van der Waals surface area contributed by atoms with Crippen molar-refractivity contribution in [3.63, 3.8) is 0 Å². The zero-order valence-electron chi connectivity index (χ0n) is 10.7. The second-order valence-electron chi connectivity index (χ2n) is 5.73. The van der Waals surface area contributed by atoms with Crippen LogP contribution in [-0.2, 0) is 5.41 Å². The van der Waals surface area contributed by atoms with Gasteiger partial charge in [-0.05, 0) is 30.5 Å². The molecule has 0 heterocycles. The minimum atomic E-state index is 0.0118. The molecule has 0 atom stereocenters. The van der Waals surface area contributed by atoms with Gasteiger partial charge < -0.3 is 10.6 Å². The van der Waals surface area contributed by atoms with Crippen LogP contribution in [0.4, 0.5) is 5.69 Å². The molecule has 1 saturated carbocycles. The van der Waals surface area contributed by atoms with Crippen LogP contribution in [0, 0.1) is 0 Å². The molecule has 0 amide bonds. The molecule has 0 aliphatic heterocycles. The highest BCUT2D eigenvalue weighted by Gasteiger charge is 2.51. The molecular formula is C14H22N2. The third-order valence-corrected chi connectivity index (χ3v) is 4.12. The van der Waals surface area contributed by atoms with E-state index in [1.165, 1.54) is 11.3 Å². The average Bonchev–Trinajstić information content (AvgIpc) is 2.98. The summed E-state index contributed by atoms with van der Waals surface area (Å²) in [5.74, 6) is 0. The number of rotatable bonds is 3. The first-order valence-electron chi connectivity index (χ1n) is 5.94. The average molecular weight is 218 g/mol. The van der Waals surface area contributed by atoms with Crippen molar-refractivity contribution in [2.24, 2.45) is 5.73 Å². The van der Waals surface area contributed by atoms with Crippen LogP contribution < -0.4 is 10.6 Å². The van der Waals surface area contributed by atoms with Crippen LogP contribution in [0.25, 0.3) is 0 Å². The maximum atomic E-state index is 6.37. The number of nitrogens with zero attached hydrogens (tertiary/aromatic N) is 1. The van der Waals surface area contributed by atoms with Crippen molar-refractivity contribution in [3.8, 4) is 0 Å². The molecule has 1 aliphatic carbocycles. The smallest absolute Gasteiger partial charge is 0.0363 e. The third-order valence-electron chi connectivity index (χ3n) is 4.12. The van der Waals surface area contributed by atoms with Crippen molar-refractivity contribution in [1.29, 1.82) is 0 Å². The Bertz CT molecular complexity index is 389. The molecular weight excluding hydrogens is 196 g/mol. The molecule has 0 unspecified atom stereocenters. The van der Waals surface area contributed by atoms with E-state index in [2.05, 4.69) is 57.1 Å². The first-order valence-corrected chi connectivity index (χ1v) is 5.94. The lowest BCUT2D eigenvalue weighted by molar-refractivity contribution is 0.391. The van der Waals surface area contributed by atoms with Gasteiger partial charge in [-0.15, -0.1) is 0 Å². The summed E-state index contributed by atoms with van der Waals surface area (Å²) in [7, 11) is 4.14. The van der Waals surface area contributed by atoms with Crippen LogP contribution >= 0.6 is 0 Å². The summed E-state index contributed by atoms with van der Waals surface area (Å²) in [5.41, 5.74) is 9.04. The van der Waals surface area contributed by atoms with E-state index in [1.54, 1.807) is 0 Å². The predicted molar refractivity (Wildman–Crippen MR) is 69.9 cm³/mol. The number of hydrogen-bond donors (Lipinski definition) is 1. The van der Waals surface area contributed by atoms with Crippen molar-refractivity contribution in [2.75, 3.05) is 19.0 Å². The first kappa shape index (κ1) is 11.5. The number of benzene rings is 1. The van der Waals surface area contributed by atoms with E-state index in [1.807, 2.05) is 0 Å². The summed E-state index contributed by atoms with van der Waals surface area (Å²) in [6.07, 6.45) is 2.29. The summed E-state index contributed by atoms with van der Waals surface area (Å²) in [4.78, 5) is 2.13. The highest BCUT2D eigenvalue weighted by molar-refractivity contribution is 5.50. The molecule has 16 heavy (non-hydrogen) atoms. The lowest BCUT2D eigenvalue weighted by Crippen LogP contribution is -2.43. The maximum absolute atomic E-state index is 6.37. The fraction of sp³-hybridized carbons (Fsp3) is 0.571. The fourth-order valence-corrected chi connectivity index (χ4v) is 2.22. The normalized spacial score (nSPS) is 18.3. The zero-order chi connectivity index (χ0) is 12.0. The Morgan fingerprint density at radius 2 is 1.88 bits per heavy atom. The fourth-order valence-electron chi connectivity index (χ4n) is 2.22. The van der Waals surface area contributed by atoms with Crippen LogP contribution in [-0.4, -0.2) is 19.6 Å². The van der Waals surface area contributed by atoms with Gasteiger partial charge in [0, 0.05) is 30.7 Å². The van der Waals surface area contributed by atoms with Crippen LogP contribution in [0.3, 0.4) is 0 Å². The van der Waals surface area contributed by atoms with E-state index in [0.29, 0.717) is 0 Å². The van der Waals surface area contributed by atoms with Crippen LogP contribution in [0.1, 0.15) is 32.3 Å².